The minimum absolute atomic E-state index is 0.153. The maximum atomic E-state index is 12.9. The molecule has 0 aliphatic carbocycles. The number of aliphatic hydroxyl groups excluding tert-OH is 1. The molecule has 3 unspecified atom stereocenters. The van der Waals surface area contributed by atoms with E-state index in [1.54, 1.807) is 0 Å². The molecule has 0 aliphatic rings. The van der Waals surface area contributed by atoms with Crippen molar-refractivity contribution in [1.29, 1.82) is 0 Å². The minimum atomic E-state index is -4.74. The van der Waals surface area contributed by atoms with Crippen LogP contribution in [0.2, 0.25) is 0 Å². The third kappa shape index (κ3) is 50.6. The van der Waals surface area contributed by atoms with Gasteiger partial charge in [0.05, 0.1) is 19.8 Å². The molecule has 0 rings (SSSR count). The highest BCUT2D eigenvalue weighted by atomic mass is 31.2. The second kappa shape index (κ2) is 53.0. The molecule has 0 aliphatic heterocycles. The van der Waals surface area contributed by atoms with Crippen LogP contribution in [0, 0.1) is 0 Å². The Hall–Kier alpha value is -2.30. The number of rotatable bonds is 54. The number of phosphoric acid groups is 1. The average molecular weight is 1010 g/mol. The van der Waals surface area contributed by atoms with Gasteiger partial charge in [0, 0.05) is 19.3 Å². The third-order valence-electron chi connectivity index (χ3n) is 12.5. The van der Waals surface area contributed by atoms with Crippen molar-refractivity contribution < 1.29 is 52.2 Å². The third-order valence-corrected chi connectivity index (χ3v) is 13.5. The molecular weight excluding hydrogens is 904 g/mol. The first-order chi connectivity index (χ1) is 34.2. The number of aliphatic hydroxyl groups is 1. The van der Waals surface area contributed by atoms with Crippen LogP contribution >= 0.6 is 7.82 Å². The summed E-state index contributed by atoms with van der Waals surface area (Å²) >= 11 is 0. The molecular formula is C58H107O11P. The van der Waals surface area contributed by atoms with E-state index in [-0.39, 0.29) is 25.9 Å². The molecule has 0 heterocycles. The lowest BCUT2D eigenvalue weighted by molar-refractivity contribution is -0.161. The molecule has 12 heteroatoms. The summed E-state index contributed by atoms with van der Waals surface area (Å²) in [4.78, 5) is 48.5. The number of ether oxygens (including phenoxy) is 3. The molecule has 0 saturated heterocycles. The SMILES string of the molecule is CCC/C=C\C/C=C\CCCCCCCC(=O)OC(COC(=O)CCCCCCCCC/C=C\CCCCCCCC)COP(=O)(O)OCC(CO)OC(=O)CCCCCCCCCCCCCCC. The van der Waals surface area contributed by atoms with Crippen LogP contribution in [-0.2, 0) is 42.2 Å². The molecule has 0 amide bonds. The standard InChI is InChI=1S/C58H107O11P/c1-4-7-10-13-16-19-22-25-26-27-28-31-32-35-38-41-44-47-56(60)65-51-55(69-58(62)49-46-43-40-37-34-30-24-21-18-15-12-9-6-3)53-67-70(63,64)66-52-54(50-59)68-57(61)48-45-42-39-36-33-29-23-20-17-14-11-8-5-2/h12,15,21,24-26,54-55,59H,4-11,13-14,16-20,22-23,27-53H2,1-3H3,(H,63,64)/b15-12-,24-21-,26-25-. The first-order valence-corrected chi connectivity index (χ1v) is 30.4. The largest absolute Gasteiger partial charge is 0.472 e. The number of allylic oxidation sites excluding steroid dienone is 6. The van der Waals surface area contributed by atoms with Gasteiger partial charge in [-0.3, -0.25) is 23.4 Å². The van der Waals surface area contributed by atoms with Gasteiger partial charge in [-0.1, -0.05) is 224 Å². The molecule has 0 aromatic heterocycles. The minimum Gasteiger partial charge on any atom is -0.462 e. The Kier molecular flexibility index (Phi) is 51.3. The van der Waals surface area contributed by atoms with E-state index in [1.807, 2.05) is 0 Å². The van der Waals surface area contributed by atoms with Crippen molar-refractivity contribution in [2.45, 2.75) is 290 Å². The fourth-order valence-electron chi connectivity index (χ4n) is 8.10. The lowest BCUT2D eigenvalue weighted by Crippen LogP contribution is -2.30. The predicted octanol–water partition coefficient (Wildman–Crippen LogP) is 16.8. The normalized spacial score (nSPS) is 13.6. The van der Waals surface area contributed by atoms with E-state index < -0.39 is 57.8 Å². The number of hydrogen-bond acceptors (Lipinski definition) is 10. The molecule has 0 aromatic rings. The topological polar surface area (TPSA) is 155 Å². The van der Waals surface area contributed by atoms with Gasteiger partial charge in [0.25, 0.3) is 0 Å². The van der Waals surface area contributed by atoms with Crippen molar-refractivity contribution in [2.24, 2.45) is 0 Å². The summed E-state index contributed by atoms with van der Waals surface area (Å²) in [6.45, 7) is 4.59. The lowest BCUT2D eigenvalue weighted by Gasteiger charge is -2.21. The number of hydrogen-bond donors (Lipinski definition) is 2. The van der Waals surface area contributed by atoms with Crippen LogP contribution in [-0.4, -0.2) is 66.5 Å². The summed E-state index contributed by atoms with van der Waals surface area (Å²) in [5.74, 6) is -1.47. The summed E-state index contributed by atoms with van der Waals surface area (Å²) < 4.78 is 39.5. The highest BCUT2D eigenvalue weighted by Gasteiger charge is 2.28. The van der Waals surface area contributed by atoms with Gasteiger partial charge < -0.3 is 24.2 Å². The summed E-state index contributed by atoms with van der Waals surface area (Å²) in [7, 11) is -4.74. The molecule has 3 atom stereocenters. The van der Waals surface area contributed by atoms with Crippen LogP contribution in [0.1, 0.15) is 278 Å². The number of esters is 3. The highest BCUT2D eigenvalue weighted by Crippen LogP contribution is 2.43. The predicted molar refractivity (Wildman–Crippen MR) is 289 cm³/mol. The first kappa shape index (κ1) is 67.7. The molecule has 2 N–H and O–H groups in total. The Balaban J connectivity index is 4.69. The Labute approximate surface area is 429 Å². The van der Waals surface area contributed by atoms with Crippen molar-refractivity contribution in [3.63, 3.8) is 0 Å². The van der Waals surface area contributed by atoms with Crippen molar-refractivity contribution >= 4 is 25.7 Å². The summed E-state index contributed by atoms with van der Waals surface area (Å²) in [6.07, 6.45) is 53.9. The number of carbonyl (C=O) groups is 3. The van der Waals surface area contributed by atoms with Gasteiger partial charge in [0.2, 0.25) is 0 Å². The van der Waals surface area contributed by atoms with Crippen LogP contribution in [0.25, 0.3) is 0 Å². The van der Waals surface area contributed by atoms with Gasteiger partial charge in [-0.05, 0) is 70.6 Å². The van der Waals surface area contributed by atoms with Crippen LogP contribution in [0.5, 0.6) is 0 Å². The van der Waals surface area contributed by atoms with Crippen LogP contribution in [0.3, 0.4) is 0 Å². The van der Waals surface area contributed by atoms with Crippen molar-refractivity contribution in [1.82, 2.24) is 0 Å². The molecule has 0 bridgehead atoms. The molecule has 70 heavy (non-hydrogen) atoms. The number of carbonyl (C=O) groups excluding carboxylic acids is 3. The highest BCUT2D eigenvalue weighted by molar-refractivity contribution is 7.47. The van der Waals surface area contributed by atoms with Gasteiger partial charge in [0.15, 0.2) is 6.10 Å². The zero-order valence-corrected chi connectivity index (χ0v) is 46.1. The van der Waals surface area contributed by atoms with E-state index in [2.05, 4.69) is 57.2 Å². The lowest BCUT2D eigenvalue weighted by atomic mass is 10.0. The van der Waals surface area contributed by atoms with Crippen molar-refractivity contribution in [3.8, 4) is 0 Å². The molecule has 0 spiro atoms. The van der Waals surface area contributed by atoms with Crippen LogP contribution in [0.15, 0.2) is 36.5 Å². The summed E-state index contributed by atoms with van der Waals surface area (Å²) in [6, 6.07) is 0. The maximum absolute atomic E-state index is 12.9. The van der Waals surface area contributed by atoms with Crippen molar-refractivity contribution in [2.75, 3.05) is 26.4 Å². The van der Waals surface area contributed by atoms with Crippen LogP contribution in [0.4, 0.5) is 0 Å². The zero-order valence-electron chi connectivity index (χ0n) is 45.2. The van der Waals surface area contributed by atoms with E-state index in [0.29, 0.717) is 19.3 Å². The zero-order chi connectivity index (χ0) is 51.3. The fraction of sp³-hybridized carbons (Fsp3) is 0.845. The molecule has 0 aromatic carbocycles. The second-order valence-corrected chi connectivity index (χ2v) is 20.9. The Morgan fingerprint density at radius 2 is 0.729 bits per heavy atom. The number of phosphoric ester groups is 1. The van der Waals surface area contributed by atoms with E-state index >= 15 is 0 Å². The van der Waals surface area contributed by atoms with Gasteiger partial charge >= 0.3 is 25.7 Å². The Morgan fingerprint density at radius 1 is 0.400 bits per heavy atom. The molecule has 0 saturated carbocycles. The second-order valence-electron chi connectivity index (χ2n) is 19.5. The average Bonchev–Trinajstić information content (AvgIpc) is 3.35. The van der Waals surface area contributed by atoms with Gasteiger partial charge in [-0.15, -0.1) is 0 Å². The van der Waals surface area contributed by atoms with E-state index in [9.17, 15) is 28.9 Å². The van der Waals surface area contributed by atoms with Crippen molar-refractivity contribution in [3.05, 3.63) is 36.5 Å². The molecule has 0 fully saturated rings. The smallest absolute Gasteiger partial charge is 0.462 e. The maximum Gasteiger partial charge on any atom is 0.472 e. The van der Waals surface area contributed by atoms with Gasteiger partial charge in [-0.25, -0.2) is 4.57 Å². The molecule has 410 valence electrons. The van der Waals surface area contributed by atoms with E-state index in [0.717, 1.165) is 96.3 Å². The fourth-order valence-corrected chi connectivity index (χ4v) is 8.88. The monoisotopic (exact) mass is 1010 g/mol. The molecule has 11 nitrogen and oxygen atoms in total. The number of unbranched alkanes of at least 4 members (excludes halogenated alkanes) is 31. The quantitative estimate of drug-likeness (QED) is 0.0197. The summed E-state index contributed by atoms with van der Waals surface area (Å²) in [5.41, 5.74) is 0. The van der Waals surface area contributed by atoms with E-state index in [1.165, 1.54) is 122 Å². The van der Waals surface area contributed by atoms with Crippen LogP contribution < -0.4 is 0 Å². The Bertz CT molecular complexity index is 1320. The Morgan fingerprint density at radius 3 is 1.13 bits per heavy atom. The summed E-state index contributed by atoms with van der Waals surface area (Å²) in [5, 5.41) is 9.80. The van der Waals surface area contributed by atoms with Gasteiger partial charge in [-0.2, -0.15) is 0 Å². The first-order valence-electron chi connectivity index (χ1n) is 28.9. The van der Waals surface area contributed by atoms with Gasteiger partial charge in [0.1, 0.15) is 12.7 Å². The van der Waals surface area contributed by atoms with E-state index in [4.69, 9.17) is 23.3 Å². The molecule has 0 radical (unpaired) electrons.